The molecule has 17 nitrogen and oxygen atoms in total. The molecule has 0 aromatic carbocycles. The molecule has 0 fully saturated rings. The molecule has 582 valence electrons. The van der Waals surface area contributed by atoms with Crippen LogP contribution in [0.15, 0.2) is 0 Å². The smallest absolute Gasteiger partial charge is 0.462 e. The fourth-order valence-electron chi connectivity index (χ4n) is 12.1. The van der Waals surface area contributed by atoms with Crippen LogP contribution in [0.5, 0.6) is 0 Å². The van der Waals surface area contributed by atoms with Crippen molar-refractivity contribution in [2.75, 3.05) is 39.6 Å². The van der Waals surface area contributed by atoms with Crippen molar-refractivity contribution in [1.29, 1.82) is 0 Å². The number of hydrogen-bond acceptors (Lipinski definition) is 15. The highest BCUT2D eigenvalue weighted by atomic mass is 31.2. The van der Waals surface area contributed by atoms with Crippen molar-refractivity contribution < 1.29 is 80.2 Å². The number of phosphoric acid groups is 2. The molecule has 0 aromatic rings. The van der Waals surface area contributed by atoms with Crippen LogP contribution in [0.4, 0.5) is 0 Å². The van der Waals surface area contributed by atoms with Gasteiger partial charge in [-0.2, -0.15) is 0 Å². The number of rotatable bonds is 77. The van der Waals surface area contributed by atoms with Crippen molar-refractivity contribution >= 4 is 39.5 Å². The maximum Gasteiger partial charge on any atom is 0.472 e. The van der Waals surface area contributed by atoms with Crippen LogP contribution in [-0.2, 0) is 65.4 Å². The van der Waals surface area contributed by atoms with E-state index in [2.05, 4.69) is 48.5 Å². The highest BCUT2D eigenvalue weighted by Crippen LogP contribution is 2.45. The van der Waals surface area contributed by atoms with Gasteiger partial charge < -0.3 is 33.8 Å². The quantitative estimate of drug-likeness (QED) is 0.0222. The average molecular weight is 1440 g/mol. The second-order valence-electron chi connectivity index (χ2n) is 29.9. The molecule has 5 atom stereocenters. The first-order valence-electron chi connectivity index (χ1n) is 40.8. The lowest BCUT2D eigenvalue weighted by atomic mass is 10.0. The summed E-state index contributed by atoms with van der Waals surface area (Å²) in [4.78, 5) is 72.9. The Labute approximate surface area is 600 Å². The predicted molar refractivity (Wildman–Crippen MR) is 400 cm³/mol. The molecule has 0 aliphatic heterocycles. The van der Waals surface area contributed by atoms with Gasteiger partial charge in [0.05, 0.1) is 26.4 Å². The molecule has 98 heavy (non-hydrogen) atoms. The van der Waals surface area contributed by atoms with Gasteiger partial charge in [0.2, 0.25) is 0 Å². The third-order valence-electron chi connectivity index (χ3n) is 18.4. The zero-order valence-corrected chi connectivity index (χ0v) is 66.0. The minimum absolute atomic E-state index is 0.107. The third-order valence-corrected chi connectivity index (χ3v) is 20.3. The van der Waals surface area contributed by atoms with E-state index in [1.54, 1.807) is 0 Å². The van der Waals surface area contributed by atoms with Gasteiger partial charge in [0.1, 0.15) is 19.3 Å². The van der Waals surface area contributed by atoms with Crippen LogP contribution in [0.2, 0.25) is 0 Å². The number of ether oxygens (including phenoxy) is 4. The van der Waals surface area contributed by atoms with E-state index in [9.17, 15) is 43.2 Å². The molecular weight excluding hydrogens is 1280 g/mol. The summed E-state index contributed by atoms with van der Waals surface area (Å²) >= 11 is 0. The number of aliphatic hydroxyl groups excluding tert-OH is 1. The Morgan fingerprint density at radius 3 is 0.694 bits per heavy atom. The fourth-order valence-corrected chi connectivity index (χ4v) is 13.7. The summed E-state index contributed by atoms with van der Waals surface area (Å²) in [7, 11) is -9.92. The molecule has 19 heteroatoms. The number of aliphatic hydroxyl groups is 1. The summed E-state index contributed by atoms with van der Waals surface area (Å²) in [6, 6.07) is 0. The number of carbonyl (C=O) groups excluding carboxylic acids is 4. The van der Waals surface area contributed by atoms with E-state index in [0.29, 0.717) is 31.6 Å². The molecule has 0 heterocycles. The average Bonchev–Trinajstić information content (AvgIpc) is 0.950. The third kappa shape index (κ3) is 72.4. The van der Waals surface area contributed by atoms with E-state index in [1.807, 2.05) is 0 Å². The summed E-state index contributed by atoms with van der Waals surface area (Å²) in [5.41, 5.74) is 0. The van der Waals surface area contributed by atoms with Crippen LogP contribution in [0.25, 0.3) is 0 Å². The number of unbranched alkanes of at least 4 members (excludes halogenated alkanes) is 45. The van der Waals surface area contributed by atoms with E-state index in [4.69, 9.17) is 37.0 Å². The number of hydrogen-bond donors (Lipinski definition) is 3. The Morgan fingerprint density at radius 2 is 0.469 bits per heavy atom. The molecular formula is C79H154O17P2. The molecule has 0 rings (SSSR count). The molecule has 0 aliphatic rings. The van der Waals surface area contributed by atoms with Crippen molar-refractivity contribution in [2.45, 2.75) is 426 Å². The Bertz CT molecular complexity index is 1900. The summed E-state index contributed by atoms with van der Waals surface area (Å²) in [5, 5.41) is 10.6. The highest BCUT2D eigenvalue weighted by molar-refractivity contribution is 7.47. The van der Waals surface area contributed by atoms with E-state index in [0.717, 1.165) is 108 Å². The van der Waals surface area contributed by atoms with E-state index in [-0.39, 0.29) is 25.7 Å². The summed E-state index contributed by atoms with van der Waals surface area (Å²) < 4.78 is 68.6. The summed E-state index contributed by atoms with van der Waals surface area (Å²) in [6.07, 6.45) is 57.0. The van der Waals surface area contributed by atoms with Crippen LogP contribution in [0, 0.1) is 17.8 Å². The van der Waals surface area contributed by atoms with Gasteiger partial charge in [0.25, 0.3) is 0 Å². The highest BCUT2D eigenvalue weighted by Gasteiger charge is 2.30. The van der Waals surface area contributed by atoms with Gasteiger partial charge in [-0.1, -0.05) is 357 Å². The normalized spacial score (nSPS) is 14.0. The monoisotopic (exact) mass is 1440 g/mol. The van der Waals surface area contributed by atoms with Gasteiger partial charge in [-0.25, -0.2) is 9.13 Å². The molecule has 0 amide bonds. The van der Waals surface area contributed by atoms with Crippen LogP contribution in [-0.4, -0.2) is 96.7 Å². The lowest BCUT2D eigenvalue weighted by molar-refractivity contribution is -0.161. The first-order chi connectivity index (χ1) is 47.2. The predicted octanol–water partition coefficient (Wildman–Crippen LogP) is 23.4. The van der Waals surface area contributed by atoms with E-state index in [1.165, 1.54) is 212 Å². The molecule has 0 bridgehead atoms. The SMILES string of the molecule is CCCCCCCCCCCCCCCCCCC(=O)O[C@H](COC(=O)CCCCCCCCC(C)C)COP(=O)(O)OC[C@H](O)COP(=O)(O)OC[C@@H](COC(=O)CCCCCCCCCCCCCCCC(C)C)OC(=O)CCCCCCCCCCCCCCCCC(C)C. The fraction of sp³-hybridized carbons (Fsp3) is 0.949. The topological polar surface area (TPSA) is 237 Å². The second-order valence-corrected chi connectivity index (χ2v) is 32.8. The van der Waals surface area contributed by atoms with Crippen LogP contribution in [0.1, 0.15) is 408 Å². The van der Waals surface area contributed by atoms with Crippen LogP contribution < -0.4 is 0 Å². The summed E-state index contributed by atoms with van der Waals surface area (Å²) in [6.45, 7) is 11.9. The molecule has 0 spiro atoms. The largest absolute Gasteiger partial charge is 0.472 e. The van der Waals surface area contributed by atoms with Crippen LogP contribution >= 0.6 is 15.6 Å². The molecule has 3 N–H and O–H groups in total. The second kappa shape index (κ2) is 69.4. The Hall–Kier alpha value is -1.94. The number of esters is 4. The molecule has 0 saturated carbocycles. The minimum Gasteiger partial charge on any atom is -0.462 e. The Balaban J connectivity index is 5.23. The van der Waals surface area contributed by atoms with Crippen molar-refractivity contribution in [3.63, 3.8) is 0 Å². The first kappa shape index (κ1) is 96.1. The molecule has 0 aromatic heterocycles. The van der Waals surface area contributed by atoms with Crippen molar-refractivity contribution in [3.8, 4) is 0 Å². The zero-order valence-electron chi connectivity index (χ0n) is 64.3. The molecule has 0 aliphatic carbocycles. The summed E-state index contributed by atoms with van der Waals surface area (Å²) in [5.74, 6) is 0.151. The van der Waals surface area contributed by atoms with Gasteiger partial charge in [0, 0.05) is 25.7 Å². The molecule has 2 unspecified atom stereocenters. The van der Waals surface area contributed by atoms with Gasteiger partial charge >= 0.3 is 39.5 Å². The lowest BCUT2D eigenvalue weighted by Gasteiger charge is -2.21. The van der Waals surface area contributed by atoms with Gasteiger partial charge in [0.15, 0.2) is 12.2 Å². The first-order valence-corrected chi connectivity index (χ1v) is 43.8. The van der Waals surface area contributed by atoms with Crippen molar-refractivity contribution in [2.24, 2.45) is 17.8 Å². The minimum atomic E-state index is -4.96. The Kier molecular flexibility index (Phi) is 68.1. The number of carbonyl (C=O) groups is 4. The van der Waals surface area contributed by atoms with Crippen LogP contribution in [0.3, 0.4) is 0 Å². The maximum absolute atomic E-state index is 13.1. The zero-order chi connectivity index (χ0) is 72.3. The molecule has 0 radical (unpaired) electrons. The van der Waals surface area contributed by atoms with Crippen molar-refractivity contribution in [3.05, 3.63) is 0 Å². The van der Waals surface area contributed by atoms with Crippen molar-refractivity contribution in [1.82, 2.24) is 0 Å². The maximum atomic E-state index is 13.1. The number of phosphoric ester groups is 2. The Morgan fingerprint density at radius 1 is 0.276 bits per heavy atom. The van der Waals surface area contributed by atoms with Gasteiger partial charge in [-0.3, -0.25) is 37.3 Å². The van der Waals surface area contributed by atoms with Gasteiger partial charge in [-0.15, -0.1) is 0 Å². The molecule has 0 saturated heterocycles. The van der Waals surface area contributed by atoms with Gasteiger partial charge in [-0.05, 0) is 43.4 Å². The van der Waals surface area contributed by atoms with E-state index < -0.39 is 97.5 Å². The van der Waals surface area contributed by atoms with E-state index >= 15 is 0 Å². The standard InChI is InChI=1S/C79H154O17P2/c1-8-9-10-11-12-13-14-15-16-17-23-29-34-39-48-55-63-79(84)96-75(67-90-77(82)61-54-47-42-41-45-52-59-72(6)7)69-94-98(87,88)92-65-73(80)64-91-97(85,86)93-68-74(66-89-76(81)60-53-46-38-33-28-25-20-22-27-32-37-44-51-58-71(4)5)95-78(83)62-56-49-40-35-30-24-19-18-21-26-31-36-43-50-57-70(2)3/h70-75,80H,8-69H2,1-7H3,(H,85,86)(H,87,88)/t73-,74-,75-/m1/s1. The lowest BCUT2D eigenvalue weighted by Crippen LogP contribution is -2.30.